The van der Waals surface area contributed by atoms with Crippen LogP contribution in [0.25, 0.3) is 11.3 Å². The third-order valence-electron chi connectivity index (χ3n) is 3.22. The maximum Gasteiger partial charge on any atom is 0.339 e. The maximum atomic E-state index is 13.2. The fourth-order valence-electron chi connectivity index (χ4n) is 2.09. The van der Waals surface area contributed by atoms with Crippen molar-refractivity contribution in [3.63, 3.8) is 0 Å². The van der Waals surface area contributed by atoms with Crippen molar-refractivity contribution in [3.8, 4) is 11.3 Å². The number of amides is 2. The summed E-state index contributed by atoms with van der Waals surface area (Å²) in [4.78, 5) is 11.8. The summed E-state index contributed by atoms with van der Waals surface area (Å²) in [5.74, 6) is 0.570. The molecule has 2 N–H and O–H groups in total. The molecule has 3 rings (SSSR count). The highest BCUT2D eigenvalue weighted by atomic mass is 35.5. The van der Waals surface area contributed by atoms with Gasteiger partial charge in [-0.1, -0.05) is 35.9 Å². The van der Waals surface area contributed by atoms with Crippen LogP contribution in [0, 0.1) is 5.82 Å². The summed E-state index contributed by atoms with van der Waals surface area (Å²) < 4.78 is 18.8. The number of halogens is 2. The van der Waals surface area contributed by atoms with Crippen LogP contribution in [0.3, 0.4) is 0 Å². The van der Waals surface area contributed by atoms with Gasteiger partial charge in [-0.25, -0.2) is 14.6 Å². The van der Waals surface area contributed by atoms with Gasteiger partial charge in [0.15, 0.2) is 0 Å². The number of benzene rings is 2. The molecule has 0 aliphatic heterocycles. The first-order chi connectivity index (χ1) is 12.1. The van der Waals surface area contributed by atoms with Crippen molar-refractivity contribution < 1.29 is 13.6 Å². The highest BCUT2D eigenvalue weighted by molar-refractivity contribution is 6.33. The molecule has 0 unspecified atom stereocenters. The van der Waals surface area contributed by atoms with Crippen LogP contribution in [0.4, 0.5) is 14.9 Å². The SMILES string of the molecule is O=C(N/N=C/c1ccc(-c2cccc(F)c2)o1)Nc1ccccc1Cl. The summed E-state index contributed by atoms with van der Waals surface area (Å²) in [7, 11) is 0. The number of nitrogens with one attached hydrogen (secondary N) is 2. The number of urea groups is 1. The lowest BCUT2D eigenvalue weighted by molar-refractivity contribution is 0.252. The molecule has 0 saturated carbocycles. The van der Waals surface area contributed by atoms with Gasteiger partial charge in [0.05, 0.1) is 16.9 Å². The van der Waals surface area contributed by atoms with Crippen molar-refractivity contribution >= 4 is 29.5 Å². The van der Waals surface area contributed by atoms with E-state index in [4.69, 9.17) is 16.0 Å². The minimum Gasteiger partial charge on any atom is -0.455 e. The number of nitrogens with zero attached hydrogens (tertiary/aromatic N) is 1. The second kappa shape index (κ2) is 7.63. The van der Waals surface area contributed by atoms with Crippen LogP contribution in [0.1, 0.15) is 5.76 Å². The standard InChI is InChI=1S/C18H13ClFN3O2/c19-15-6-1-2-7-16(15)22-18(24)23-21-11-14-8-9-17(25-14)12-4-3-5-13(20)10-12/h1-11H,(H2,22,23,24)/b21-11+. The van der Waals surface area contributed by atoms with Gasteiger partial charge in [-0.2, -0.15) is 5.10 Å². The van der Waals surface area contributed by atoms with Crippen LogP contribution in [0.2, 0.25) is 5.02 Å². The molecule has 0 saturated heterocycles. The third-order valence-corrected chi connectivity index (χ3v) is 3.55. The van der Waals surface area contributed by atoms with Crippen LogP contribution in [0.5, 0.6) is 0 Å². The van der Waals surface area contributed by atoms with Gasteiger partial charge in [0.25, 0.3) is 0 Å². The zero-order chi connectivity index (χ0) is 17.6. The molecule has 0 radical (unpaired) electrons. The summed E-state index contributed by atoms with van der Waals surface area (Å²) in [6.45, 7) is 0. The molecule has 0 aliphatic rings. The molecule has 5 nitrogen and oxygen atoms in total. The number of hydrogen-bond donors (Lipinski definition) is 2. The van der Waals surface area contributed by atoms with Crippen molar-refractivity contribution in [2.24, 2.45) is 5.10 Å². The Bertz CT molecular complexity index is 924. The fourth-order valence-corrected chi connectivity index (χ4v) is 2.27. The van der Waals surface area contributed by atoms with E-state index in [1.807, 2.05) is 0 Å². The van der Waals surface area contributed by atoms with Crippen molar-refractivity contribution in [1.29, 1.82) is 0 Å². The Balaban J connectivity index is 1.59. The lowest BCUT2D eigenvalue weighted by atomic mass is 10.2. The minimum absolute atomic E-state index is 0.345. The lowest BCUT2D eigenvalue weighted by Crippen LogP contribution is -2.24. The number of carbonyl (C=O) groups excluding carboxylic acids is 1. The summed E-state index contributed by atoms with van der Waals surface area (Å²) in [6, 6.07) is 15.7. The van der Waals surface area contributed by atoms with Crippen molar-refractivity contribution in [3.05, 3.63) is 77.3 Å². The molecule has 0 spiro atoms. The smallest absolute Gasteiger partial charge is 0.339 e. The van der Waals surface area contributed by atoms with E-state index in [9.17, 15) is 9.18 Å². The summed E-state index contributed by atoms with van der Waals surface area (Å²) in [5, 5.41) is 6.78. The van der Waals surface area contributed by atoms with Crippen LogP contribution >= 0.6 is 11.6 Å². The number of para-hydroxylation sites is 1. The van der Waals surface area contributed by atoms with Gasteiger partial charge in [0.2, 0.25) is 0 Å². The largest absolute Gasteiger partial charge is 0.455 e. The van der Waals surface area contributed by atoms with Gasteiger partial charge >= 0.3 is 6.03 Å². The quantitative estimate of drug-likeness (QED) is 0.515. The molecular formula is C18H13ClFN3O2. The number of carbonyl (C=O) groups is 1. The summed E-state index contributed by atoms with van der Waals surface area (Å²) in [5.41, 5.74) is 3.40. The van der Waals surface area contributed by atoms with Crippen molar-refractivity contribution in [2.45, 2.75) is 0 Å². The predicted molar refractivity (Wildman–Crippen MR) is 95.3 cm³/mol. The number of anilines is 1. The minimum atomic E-state index is -0.540. The monoisotopic (exact) mass is 357 g/mol. The molecule has 1 aromatic heterocycles. The third kappa shape index (κ3) is 4.45. The lowest BCUT2D eigenvalue weighted by Gasteiger charge is -2.05. The normalized spacial score (nSPS) is 10.8. The summed E-state index contributed by atoms with van der Waals surface area (Å²) in [6.07, 6.45) is 1.34. The van der Waals surface area contributed by atoms with E-state index in [1.54, 1.807) is 48.5 Å². The number of hydrazone groups is 1. The van der Waals surface area contributed by atoms with E-state index in [-0.39, 0.29) is 5.82 Å². The Morgan fingerprint density at radius 1 is 1.12 bits per heavy atom. The van der Waals surface area contributed by atoms with Crippen LogP contribution in [-0.4, -0.2) is 12.2 Å². The molecule has 0 bridgehead atoms. The van der Waals surface area contributed by atoms with Crippen molar-refractivity contribution in [1.82, 2.24) is 5.43 Å². The highest BCUT2D eigenvalue weighted by Gasteiger charge is 2.05. The van der Waals surface area contributed by atoms with Gasteiger partial charge in [-0.3, -0.25) is 0 Å². The summed E-state index contributed by atoms with van der Waals surface area (Å²) >= 11 is 5.95. The van der Waals surface area contributed by atoms with Crippen LogP contribution in [0.15, 0.2) is 70.2 Å². The van der Waals surface area contributed by atoms with Crippen LogP contribution in [-0.2, 0) is 0 Å². The van der Waals surface area contributed by atoms with E-state index >= 15 is 0 Å². The first kappa shape index (κ1) is 16.7. The number of hydrogen-bond acceptors (Lipinski definition) is 3. The predicted octanol–water partition coefficient (Wildman–Crippen LogP) is 4.89. The fraction of sp³-hybridized carbons (Fsp3) is 0. The zero-order valence-electron chi connectivity index (χ0n) is 12.9. The first-order valence-electron chi connectivity index (χ1n) is 7.32. The Hall–Kier alpha value is -3.12. The Morgan fingerprint density at radius 2 is 1.96 bits per heavy atom. The molecule has 0 atom stereocenters. The average Bonchev–Trinajstić information content (AvgIpc) is 3.06. The highest BCUT2D eigenvalue weighted by Crippen LogP contribution is 2.22. The Morgan fingerprint density at radius 3 is 2.76 bits per heavy atom. The Labute approximate surface area is 148 Å². The van der Waals surface area contributed by atoms with Gasteiger partial charge in [0.1, 0.15) is 17.3 Å². The molecule has 1 heterocycles. The second-order valence-corrected chi connectivity index (χ2v) is 5.42. The Kier molecular flexibility index (Phi) is 5.11. The van der Waals surface area contributed by atoms with E-state index in [2.05, 4.69) is 15.8 Å². The van der Waals surface area contributed by atoms with Gasteiger partial charge in [-0.05, 0) is 36.4 Å². The van der Waals surface area contributed by atoms with E-state index in [0.717, 1.165) is 0 Å². The van der Waals surface area contributed by atoms with Gasteiger partial charge in [0, 0.05) is 5.56 Å². The molecule has 3 aromatic rings. The number of rotatable bonds is 4. The van der Waals surface area contributed by atoms with Crippen molar-refractivity contribution in [2.75, 3.05) is 5.32 Å². The molecule has 0 fully saturated rings. The van der Waals surface area contributed by atoms with E-state index in [1.165, 1.54) is 18.3 Å². The molecule has 126 valence electrons. The second-order valence-electron chi connectivity index (χ2n) is 5.02. The molecule has 2 amide bonds. The molecule has 0 aliphatic carbocycles. The molecule has 2 aromatic carbocycles. The van der Waals surface area contributed by atoms with E-state index < -0.39 is 6.03 Å². The van der Waals surface area contributed by atoms with Gasteiger partial charge < -0.3 is 9.73 Å². The first-order valence-corrected chi connectivity index (χ1v) is 7.70. The molecular weight excluding hydrogens is 345 g/mol. The van der Waals surface area contributed by atoms with Gasteiger partial charge in [-0.15, -0.1) is 0 Å². The topological polar surface area (TPSA) is 66.6 Å². The average molecular weight is 358 g/mol. The van der Waals surface area contributed by atoms with Crippen LogP contribution < -0.4 is 10.7 Å². The maximum absolute atomic E-state index is 13.2. The zero-order valence-corrected chi connectivity index (χ0v) is 13.6. The van der Waals surface area contributed by atoms with E-state index in [0.29, 0.717) is 27.8 Å². The number of furan rings is 1. The molecule has 25 heavy (non-hydrogen) atoms. The molecule has 7 heteroatoms.